The van der Waals surface area contributed by atoms with Crippen LogP contribution >= 0.6 is 12.4 Å². The number of halogens is 3. The van der Waals surface area contributed by atoms with Gasteiger partial charge in [0.15, 0.2) is 0 Å². The molecule has 1 fully saturated rings. The first-order valence-corrected chi connectivity index (χ1v) is 6.29. The van der Waals surface area contributed by atoms with Gasteiger partial charge in [-0.05, 0) is 49.9 Å². The molecule has 6 heteroatoms. The van der Waals surface area contributed by atoms with E-state index in [-0.39, 0.29) is 35.7 Å². The maximum Gasteiger partial charge on any atom is 0.223 e. The largest absolute Gasteiger partial charge is 0.354 e. The van der Waals surface area contributed by atoms with Gasteiger partial charge in [0, 0.05) is 18.0 Å². The first kappa shape index (κ1) is 16.9. The van der Waals surface area contributed by atoms with Gasteiger partial charge in [0.1, 0.15) is 11.6 Å². The van der Waals surface area contributed by atoms with Crippen molar-refractivity contribution in [2.75, 3.05) is 6.54 Å². The molecular formula is C14H19ClF2N2O. The van der Waals surface area contributed by atoms with Crippen LogP contribution in [-0.4, -0.2) is 18.0 Å². The molecule has 0 spiro atoms. The van der Waals surface area contributed by atoms with Crippen LogP contribution in [0.5, 0.6) is 0 Å². The van der Waals surface area contributed by atoms with Crippen LogP contribution in [0.4, 0.5) is 8.78 Å². The zero-order valence-electron chi connectivity index (χ0n) is 11.5. The summed E-state index contributed by atoms with van der Waals surface area (Å²) in [4.78, 5) is 11.8. The monoisotopic (exact) mass is 304 g/mol. The third-order valence-electron chi connectivity index (χ3n) is 3.20. The number of benzene rings is 1. The van der Waals surface area contributed by atoms with Crippen LogP contribution in [0.2, 0.25) is 0 Å². The SMILES string of the molecule is CC(C)(N)CNC(=O)C1CC1c1cc(F)ccc1F.Cl. The Kier molecular flexibility index (Phi) is 5.10. The van der Waals surface area contributed by atoms with Crippen molar-refractivity contribution in [3.05, 3.63) is 35.4 Å². The lowest BCUT2D eigenvalue weighted by molar-refractivity contribution is -0.122. The van der Waals surface area contributed by atoms with Crippen molar-refractivity contribution in [2.45, 2.75) is 31.7 Å². The van der Waals surface area contributed by atoms with E-state index < -0.39 is 17.2 Å². The Balaban J connectivity index is 0.00000200. The Bertz CT molecular complexity index is 502. The van der Waals surface area contributed by atoms with Crippen LogP contribution in [0.15, 0.2) is 18.2 Å². The summed E-state index contributed by atoms with van der Waals surface area (Å²) in [5.41, 5.74) is 5.57. The fourth-order valence-electron chi connectivity index (χ4n) is 2.07. The fourth-order valence-corrected chi connectivity index (χ4v) is 2.07. The molecule has 0 aliphatic heterocycles. The van der Waals surface area contributed by atoms with E-state index in [0.29, 0.717) is 13.0 Å². The van der Waals surface area contributed by atoms with Gasteiger partial charge in [0.05, 0.1) is 0 Å². The molecule has 1 aromatic carbocycles. The third kappa shape index (κ3) is 4.15. The summed E-state index contributed by atoms with van der Waals surface area (Å²) >= 11 is 0. The van der Waals surface area contributed by atoms with E-state index in [2.05, 4.69) is 5.32 Å². The first-order valence-electron chi connectivity index (χ1n) is 6.29. The molecule has 1 aliphatic rings. The number of hydrogen-bond donors (Lipinski definition) is 2. The summed E-state index contributed by atoms with van der Waals surface area (Å²) in [5, 5.41) is 2.74. The summed E-state index contributed by atoms with van der Waals surface area (Å²) < 4.78 is 26.6. The van der Waals surface area contributed by atoms with Crippen molar-refractivity contribution in [2.24, 2.45) is 11.7 Å². The van der Waals surface area contributed by atoms with E-state index in [1.807, 2.05) is 13.8 Å². The Morgan fingerprint density at radius 3 is 2.70 bits per heavy atom. The van der Waals surface area contributed by atoms with E-state index in [1.165, 1.54) is 6.07 Å². The highest BCUT2D eigenvalue weighted by Gasteiger charge is 2.45. The van der Waals surface area contributed by atoms with Gasteiger partial charge < -0.3 is 11.1 Å². The zero-order chi connectivity index (χ0) is 14.2. The van der Waals surface area contributed by atoms with E-state index in [1.54, 1.807) is 0 Å². The molecule has 0 aromatic heterocycles. The molecular weight excluding hydrogens is 286 g/mol. The summed E-state index contributed by atoms with van der Waals surface area (Å²) in [6.07, 6.45) is 0.553. The molecule has 1 aliphatic carbocycles. The fraction of sp³-hybridized carbons (Fsp3) is 0.500. The molecule has 3 N–H and O–H groups in total. The molecule has 2 rings (SSSR count). The van der Waals surface area contributed by atoms with Crippen molar-refractivity contribution < 1.29 is 13.6 Å². The molecule has 1 saturated carbocycles. The van der Waals surface area contributed by atoms with E-state index in [4.69, 9.17) is 5.73 Å². The number of rotatable bonds is 4. The maximum absolute atomic E-state index is 13.6. The maximum atomic E-state index is 13.6. The van der Waals surface area contributed by atoms with Crippen molar-refractivity contribution >= 4 is 18.3 Å². The molecule has 1 aromatic rings. The normalized spacial score (nSPS) is 21.1. The molecule has 0 radical (unpaired) electrons. The minimum atomic E-state index is -0.482. The van der Waals surface area contributed by atoms with Gasteiger partial charge in [-0.3, -0.25) is 4.79 Å². The number of amides is 1. The second-order valence-corrected chi connectivity index (χ2v) is 5.82. The average Bonchev–Trinajstić information content (AvgIpc) is 3.08. The second kappa shape index (κ2) is 6.06. The predicted molar refractivity (Wildman–Crippen MR) is 75.7 cm³/mol. The van der Waals surface area contributed by atoms with Crippen LogP contribution in [0, 0.1) is 17.6 Å². The van der Waals surface area contributed by atoms with Gasteiger partial charge in [-0.2, -0.15) is 0 Å². The Labute approximate surface area is 123 Å². The highest BCUT2D eigenvalue weighted by Crippen LogP contribution is 2.48. The minimum absolute atomic E-state index is 0. The zero-order valence-corrected chi connectivity index (χ0v) is 12.3. The number of carbonyl (C=O) groups is 1. The standard InChI is InChI=1S/C14H18F2N2O.ClH/c1-14(2,17)7-18-13(19)11-6-9(11)10-5-8(15)3-4-12(10)16;/h3-5,9,11H,6-7,17H2,1-2H3,(H,18,19);1H. The van der Waals surface area contributed by atoms with Crippen LogP contribution in [0.25, 0.3) is 0 Å². The summed E-state index contributed by atoms with van der Waals surface area (Å²) in [6.45, 7) is 3.98. The topological polar surface area (TPSA) is 55.1 Å². The molecule has 0 bridgehead atoms. The predicted octanol–water partition coefficient (Wildman–Crippen LogP) is 2.34. The average molecular weight is 305 g/mol. The Morgan fingerprint density at radius 1 is 1.45 bits per heavy atom. The van der Waals surface area contributed by atoms with Crippen LogP contribution < -0.4 is 11.1 Å². The molecule has 20 heavy (non-hydrogen) atoms. The van der Waals surface area contributed by atoms with E-state index in [9.17, 15) is 13.6 Å². The number of nitrogens with one attached hydrogen (secondary N) is 1. The Morgan fingerprint density at radius 2 is 2.10 bits per heavy atom. The lowest BCUT2D eigenvalue weighted by atomic mass is 10.1. The van der Waals surface area contributed by atoms with Crippen molar-refractivity contribution in [1.82, 2.24) is 5.32 Å². The van der Waals surface area contributed by atoms with Gasteiger partial charge in [-0.25, -0.2) is 8.78 Å². The molecule has 1 amide bonds. The molecule has 112 valence electrons. The van der Waals surface area contributed by atoms with Crippen LogP contribution in [0.3, 0.4) is 0 Å². The van der Waals surface area contributed by atoms with E-state index >= 15 is 0 Å². The van der Waals surface area contributed by atoms with Crippen LogP contribution in [-0.2, 0) is 4.79 Å². The summed E-state index contributed by atoms with van der Waals surface area (Å²) in [7, 11) is 0. The summed E-state index contributed by atoms with van der Waals surface area (Å²) in [6, 6.07) is 3.34. The van der Waals surface area contributed by atoms with Gasteiger partial charge in [-0.1, -0.05) is 0 Å². The number of nitrogens with two attached hydrogens (primary N) is 1. The first-order chi connectivity index (χ1) is 8.78. The molecule has 2 unspecified atom stereocenters. The molecule has 0 heterocycles. The van der Waals surface area contributed by atoms with Crippen LogP contribution in [0.1, 0.15) is 31.7 Å². The number of hydrogen-bond acceptors (Lipinski definition) is 2. The van der Waals surface area contributed by atoms with Crippen molar-refractivity contribution in [3.63, 3.8) is 0 Å². The van der Waals surface area contributed by atoms with Gasteiger partial charge in [-0.15, -0.1) is 12.4 Å². The summed E-state index contributed by atoms with van der Waals surface area (Å²) in [5.74, 6) is -1.59. The number of carbonyl (C=O) groups excluding carboxylic acids is 1. The molecule has 3 nitrogen and oxygen atoms in total. The van der Waals surface area contributed by atoms with Gasteiger partial charge >= 0.3 is 0 Å². The van der Waals surface area contributed by atoms with E-state index in [0.717, 1.165) is 12.1 Å². The van der Waals surface area contributed by atoms with Crippen molar-refractivity contribution in [3.8, 4) is 0 Å². The van der Waals surface area contributed by atoms with Gasteiger partial charge in [0.25, 0.3) is 0 Å². The lowest BCUT2D eigenvalue weighted by Crippen LogP contribution is -2.45. The Hall–Kier alpha value is -1.20. The smallest absolute Gasteiger partial charge is 0.223 e. The third-order valence-corrected chi connectivity index (χ3v) is 3.20. The second-order valence-electron chi connectivity index (χ2n) is 5.82. The molecule has 2 atom stereocenters. The minimum Gasteiger partial charge on any atom is -0.354 e. The molecule has 0 saturated heterocycles. The lowest BCUT2D eigenvalue weighted by Gasteiger charge is -2.18. The quantitative estimate of drug-likeness (QED) is 0.897. The van der Waals surface area contributed by atoms with Gasteiger partial charge in [0.2, 0.25) is 5.91 Å². The van der Waals surface area contributed by atoms with Crippen molar-refractivity contribution in [1.29, 1.82) is 0 Å². The highest BCUT2D eigenvalue weighted by atomic mass is 35.5. The highest BCUT2D eigenvalue weighted by molar-refractivity contribution is 5.85.